The Bertz CT molecular complexity index is 528. The molecule has 0 spiro atoms. The molecular formula is C18H26N2O2. The lowest BCUT2D eigenvalue weighted by Gasteiger charge is -2.41. The summed E-state index contributed by atoms with van der Waals surface area (Å²) < 4.78 is 5.68. The molecule has 4 nitrogen and oxygen atoms in total. The van der Waals surface area contributed by atoms with Crippen LogP contribution in [0.2, 0.25) is 0 Å². The summed E-state index contributed by atoms with van der Waals surface area (Å²) in [6.45, 7) is 8.08. The Morgan fingerprint density at radius 3 is 2.64 bits per heavy atom. The van der Waals surface area contributed by atoms with E-state index in [2.05, 4.69) is 16.7 Å². The van der Waals surface area contributed by atoms with E-state index in [9.17, 15) is 4.79 Å². The lowest BCUT2D eigenvalue weighted by molar-refractivity contribution is -0.0156. The Morgan fingerprint density at radius 1 is 1.27 bits per heavy atom. The molecule has 3 rings (SSSR count). The van der Waals surface area contributed by atoms with Crippen molar-refractivity contribution in [1.29, 1.82) is 0 Å². The minimum absolute atomic E-state index is 0.169. The molecular weight excluding hydrogens is 276 g/mol. The molecule has 4 heteroatoms. The van der Waals surface area contributed by atoms with Crippen molar-refractivity contribution in [3.8, 4) is 0 Å². The van der Waals surface area contributed by atoms with Crippen LogP contribution in [0.5, 0.6) is 0 Å². The maximum atomic E-state index is 12.9. The van der Waals surface area contributed by atoms with Gasteiger partial charge in [-0.3, -0.25) is 4.79 Å². The fraction of sp³-hybridized carbons (Fsp3) is 0.611. The highest BCUT2D eigenvalue weighted by molar-refractivity contribution is 5.94. The van der Waals surface area contributed by atoms with E-state index in [-0.39, 0.29) is 18.1 Å². The number of methoxy groups -OCH3 is 1. The maximum absolute atomic E-state index is 12.9. The van der Waals surface area contributed by atoms with Gasteiger partial charge in [0.15, 0.2) is 0 Å². The molecule has 3 atom stereocenters. The molecule has 0 aliphatic carbocycles. The van der Waals surface area contributed by atoms with Crippen LogP contribution in [-0.4, -0.2) is 61.1 Å². The topological polar surface area (TPSA) is 32.8 Å². The zero-order valence-corrected chi connectivity index (χ0v) is 13.8. The van der Waals surface area contributed by atoms with Crippen LogP contribution in [0.15, 0.2) is 24.3 Å². The van der Waals surface area contributed by atoms with Gasteiger partial charge in [0.1, 0.15) is 0 Å². The first-order valence-corrected chi connectivity index (χ1v) is 8.26. The first-order valence-electron chi connectivity index (χ1n) is 8.26. The summed E-state index contributed by atoms with van der Waals surface area (Å²) in [5.41, 5.74) is 1.99. The first kappa shape index (κ1) is 15.5. The molecule has 0 radical (unpaired) electrons. The Balaban J connectivity index is 1.81. The summed E-state index contributed by atoms with van der Waals surface area (Å²) in [6, 6.07) is 8.20. The molecule has 0 N–H and O–H groups in total. The molecule has 2 aliphatic heterocycles. The SMILES string of the molecule is CCN1C[C@@H]2[C@@H](OC)CCN(C(=O)c3ccc(C)cc3)[C@@H]2C1. The monoisotopic (exact) mass is 302 g/mol. The summed E-state index contributed by atoms with van der Waals surface area (Å²) in [5, 5.41) is 0. The third kappa shape index (κ3) is 2.77. The number of nitrogens with zero attached hydrogens (tertiary/aromatic N) is 2. The van der Waals surface area contributed by atoms with Gasteiger partial charge in [0.2, 0.25) is 0 Å². The number of likely N-dealkylation sites (N-methyl/N-ethyl adjacent to an activating group) is 1. The highest BCUT2D eigenvalue weighted by atomic mass is 16.5. The molecule has 0 saturated carbocycles. The van der Waals surface area contributed by atoms with Crippen LogP contribution in [0.25, 0.3) is 0 Å². The van der Waals surface area contributed by atoms with Crippen molar-refractivity contribution in [2.75, 3.05) is 33.3 Å². The third-order valence-electron chi connectivity index (χ3n) is 5.25. The predicted molar refractivity (Wildman–Crippen MR) is 87.0 cm³/mol. The fourth-order valence-corrected chi connectivity index (χ4v) is 3.90. The predicted octanol–water partition coefficient (Wildman–Crippen LogP) is 2.18. The minimum Gasteiger partial charge on any atom is -0.381 e. The van der Waals surface area contributed by atoms with Gasteiger partial charge in [-0.15, -0.1) is 0 Å². The van der Waals surface area contributed by atoms with Gasteiger partial charge < -0.3 is 14.5 Å². The third-order valence-corrected chi connectivity index (χ3v) is 5.25. The number of carbonyl (C=O) groups is 1. The Labute approximate surface area is 133 Å². The normalized spacial score (nSPS) is 28.7. The van der Waals surface area contributed by atoms with Crippen molar-refractivity contribution in [2.24, 2.45) is 5.92 Å². The van der Waals surface area contributed by atoms with E-state index in [1.54, 1.807) is 7.11 Å². The van der Waals surface area contributed by atoms with Crippen LogP contribution in [0.4, 0.5) is 0 Å². The summed E-state index contributed by atoms with van der Waals surface area (Å²) >= 11 is 0. The molecule has 1 aromatic carbocycles. The van der Waals surface area contributed by atoms with Gasteiger partial charge in [0.05, 0.1) is 12.1 Å². The van der Waals surface area contributed by atoms with Crippen LogP contribution in [0.3, 0.4) is 0 Å². The molecule has 1 aromatic rings. The number of ether oxygens (including phenoxy) is 1. The maximum Gasteiger partial charge on any atom is 0.254 e. The van der Waals surface area contributed by atoms with Gasteiger partial charge in [-0.2, -0.15) is 0 Å². The van der Waals surface area contributed by atoms with E-state index in [1.807, 2.05) is 31.2 Å². The van der Waals surface area contributed by atoms with Gasteiger partial charge in [-0.05, 0) is 32.0 Å². The number of carbonyl (C=O) groups excluding carboxylic acids is 1. The number of hydrogen-bond acceptors (Lipinski definition) is 3. The Hall–Kier alpha value is -1.39. The second-order valence-electron chi connectivity index (χ2n) is 6.51. The number of fused-ring (bicyclic) bond motifs is 1. The van der Waals surface area contributed by atoms with Crippen LogP contribution in [0.1, 0.15) is 29.3 Å². The van der Waals surface area contributed by atoms with E-state index in [1.165, 1.54) is 5.56 Å². The van der Waals surface area contributed by atoms with Crippen LogP contribution < -0.4 is 0 Å². The summed E-state index contributed by atoms with van der Waals surface area (Å²) in [6.07, 6.45) is 1.22. The number of hydrogen-bond donors (Lipinski definition) is 0. The van der Waals surface area contributed by atoms with Crippen molar-refractivity contribution in [3.05, 3.63) is 35.4 Å². The Morgan fingerprint density at radius 2 is 2.00 bits per heavy atom. The molecule has 2 saturated heterocycles. The molecule has 2 heterocycles. The smallest absolute Gasteiger partial charge is 0.254 e. The number of benzene rings is 1. The van der Waals surface area contributed by atoms with Gasteiger partial charge in [0.25, 0.3) is 5.91 Å². The van der Waals surface area contributed by atoms with Crippen molar-refractivity contribution < 1.29 is 9.53 Å². The average molecular weight is 302 g/mol. The number of amides is 1. The quantitative estimate of drug-likeness (QED) is 0.858. The van der Waals surface area contributed by atoms with E-state index >= 15 is 0 Å². The zero-order chi connectivity index (χ0) is 15.7. The number of aryl methyl sites for hydroxylation is 1. The first-order chi connectivity index (χ1) is 10.6. The van der Waals surface area contributed by atoms with Gasteiger partial charge in [-0.1, -0.05) is 24.6 Å². The zero-order valence-electron chi connectivity index (χ0n) is 13.8. The number of rotatable bonds is 3. The second-order valence-corrected chi connectivity index (χ2v) is 6.51. The van der Waals surface area contributed by atoms with E-state index < -0.39 is 0 Å². The number of piperidine rings is 1. The molecule has 120 valence electrons. The van der Waals surface area contributed by atoms with E-state index in [0.717, 1.165) is 38.2 Å². The van der Waals surface area contributed by atoms with Crippen molar-refractivity contribution in [1.82, 2.24) is 9.80 Å². The van der Waals surface area contributed by atoms with Gasteiger partial charge in [0, 0.05) is 38.2 Å². The molecule has 0 unspecified atom stereocenters. The van der Waals surface area contributed by atoms with Crippen LogP contribution in [0, 0.1) is 12.8 Å². The fourth-order valence-electron chi connectivity index (χ4n) is 3.90. The number of likely N-dealkylation sites (tertiary alicyclic amines) is 2. The molecule has 0 aromatic heterocycles. The van der Waals surface area contributed by atoms with Crippen LogP contribution >= 0.6 is 0 Å². The van der Waals surface area contributed by atoms with Gasteiger partial charge in [-0.25, -0.2) is 0 Å². The standard InChI is InChI=1S/C18H26N2O2/c1-4-19-11-15-16(12-19)20(10-9-17(15)22-3)18(21)14-7-5-13(2)6-8-14/h5-8,15-17H,4,9-12H2,1-3H3/t15-,16+,17-/m0/s1. The van der Waals surface area contributed by atoms with Crippen molar-refractivity contribution >= 4 is 5.91 Å². The van der Waals surface area contributed by atoms with Gasteiger partial charge >= 0.3 is 0 Å². The minimum atomic E-state index is 0.169. The Kier molecular flexibility index (Phi) is 4.50. The largest absolute Gasteiger partial charge is 0.381 e. The molecule has 22 heavy (non-hydrogen) atoms. The highest BCUT2D eigenvalue weighted by Gasteiger charge is 2.45. The average Bonchev–Trinajstić information content (AvgIpc) is 2.98. The van der Waals surface area contributed by atoms with Crippen LogP contribution in [-0.2, 0) is 4.74 Å². The van der Waals surface area contributed by atoms with E-state index in [0.29, 0.717) is 5.92 Å². The highest BCUT2D eigenvalue weighted by Crippen LogP contribution is 2.33. The molecule has 2 fully saturated rings. The summed E-state index contributed by atoms with van der Waals surface area (Å²) in [5.74, 6) is 0.607. The summed E-state index contributed by atoms with van der Waals surface area (Å²) in [4.78, 5) is 17.4. The molecule has 2 aliphatic rings. The lowest BCUT2D eigenvalue weighted by atomic mass is 9.88. The second kappa shape index (κ2) is 6.39. The molecule has 0 bridgehead atoms. The van der Waals surface area contributed by atoms with E-state index in [4.69, 9.17) is 4.74 Å². The van der Waals surface area contributed by atoms with Crippen molar-refractivity contribution in [3.63, 3.8) is 0 Å². The summed E-state index contributed by atoms with van der Waals surface area (Å²) in [7, 11) is 1.80. The molecule has 1 amide bonds. The lowest BCUT2D eigenvalue weighted by Crippen LogP contribution is -2.53. The van der Waals surface area contributed by atoms with Crippen molar-refractivity contribution in [2.45, 2.75) is 32.4 Å².